The van der Waals surface area contributed by atoms with Crippen LogP contribution in [0.4, 0.5) is 0 Å². The molecular formula is C14H24N2O. The van der Waals surface area contributed by atoms with Gasteiger partial charge in [0.05, 0.1) is 11.3 Å². The zero-order chi connectivity index (χ0) is 12.8. The van der Waals surface area contributed by atoms with E-state index in [0.717, 1.165) is 29.9 Å². The molecule has 17 heavy (non-hydrogen) atoms. The number of carbonyl (C=O) groups is 1. The molecule has 0 aliphatic carbocycles. The first-order valence-corrected chi connectivity index (χ1v) is 6.69. The minimum absolute atomic E-state index is 0.208. The van der Waals surface area contributed by atoms with Gasteiger partial charge in [-0.2, -0.15) is 5.10 Å². The number of aromatic nitrogens is 2. The van der Waals surface area contributed by atoms with Crippen LogP contribution in [0.5, 0.6) is 0 Å². The largest absolute Gasteiger partial charge is 0.294 e. The van der Waals surface area contributed by atoms with Crippen molar-refractivity contribution in [3.63, 3.8) is 0 Å². The number of Topliss-reactive ketones (excluding diaryl/α,β-unsaturated/α-hetero) is 1. The van der Waals surface area contributed by atoms with Gasteiger partial charge in [0.2, 0.25) is 0 Å². The lowest BCUT2D eigenvalue weighted by Crippen LogP contribution is -2.04. The summed E-state index contributed by atoms with van der Waals surface area (Å²) in [4.78, 5) is 11.8. The number of unbranched alkanes of at least 4 members (excludes halogenated alkanes) is 3. The standard InChI is InChI=1S/C14H24N2O/c1-5-7-8-9-10-16-12(4)14(11(3)15-16)13(17)6-2/h5-10H2,1-4H3. The summed E-state index contributed by atoms with van der Waals surface area (Å²) in [6.45, 7) is 8.98. The maximum Gasteiger partial charge on any atom is 0.166 e. The Labute approximate surface area is 104 Å². The normalized spacial score (nSPS) is 10.8. The van der Waals surface area contributed by atoms with E-state index in [0.29, 0.717) is 6.42 Å². The molecule has 0 saturated carbocycles. The lowest BCUT2D eigenvalue weighted by molar-refractivity contribution is 0.0987. The first-order valence-electron chi connectivity index (χ1n) is 6.69. The van der Waals surface area contributed by atoms with Gasteiger partial charge in [-0.1, -0.05) is 33.1 Å². The predicted octanol–water partition coefficient (Wildman–Crippen LogP) is 3.67. The van der Waals surface area contributed by atoms with Gasteiger partial charge in [0, 0.05) is 18.7 Å². The zero-order valence-corrected chi connectivity index (χ0v) is 11.5. The molecule has 0 fully saturated rings. The highest BCUT2D eigenvalue weighted by atomic mass is 16.1. The number of hydrogen-bond acceptors (Lipinski definition) is 2. The molecule has 1 heterocycles. The average molecular weight is 236 g/mol. The molecule has 1 aromatic rings. The van der Waals surface area contributed by atoms with Crippen LogP contribution in [0.3, 0.4) is 0 Å². The van der Waals surface area contributed by atoms with E-state index in [1.165, 1.54) is 19.3 Å². The first-order chi connectivity index (χ1) is 8.11. The molecule has 0 amide bonds. The molecule has 1 aromatic heterocycles. The summed E-state index contributed by atoms with van der Waals surface area (Å²) in [6.07, 6.45) is 5.47. The van der Waals surface area contributed by atoms with Crippen LogP contribution in [0.2, 0.25) is 0 Å². The van der Waals surface area contributed by atoms with Gasteiger partial charge in [-0.3, -0.25) is 9.48 Å². The van der Waals surface area contributed by atoms with Crippen LogP contribution >= 0.6 is 0 Å². The molecule has 1 rings (SSSR count). The van der Waals surface area contributed by atoms with E-state index in [1.54, 1.807) is 0 Å². The van der Waals surface area contributed by atoms with Gasteiger partial charge in [-0.15, -0.1) is 0 Å². The van der Waals surface area contributed by atoms with Crippen molar-refractivity contribution < 1.29 is 4.79 Å². The fourth-order valence-electron chi connectivity index (χ4n) is 2.18. The summed E-state index contributed by atoms with van der Waals surface area (Å²) in [5.74, 6) is 0.208. The van der Waals surface area contributed by atoms with Gasteiger partial charge in [0.25, 0.3) is 0 Å². The smallest absolute Gasteiger partial charge is 0.166 e. The van der Waals surface area contributed by atoms with Crippen LogP contribution in [0.25, 0.3) is 0 Å². The lowest BCUT2D eigenvalue weighted by atomic mass is 10.1. The summed E-state index contributed by atoms with van der Waals surface area (Å²) in [5.41, 5.74) is 2.75. The van der Waals surface area contributed by atoms with Crippen molar-refractivity contribution in [1.29, 1.82) is 0 Å². The molecule has 0 unspecified atom stereocenters. The Balaban J connectivity index is 2.71. The fraction of sp³-hybridized carbons (Fsp3) is 0.714. The van der Waals surface area contributed by atoms with Crippen molar-refractivity contribution in [2.45, 2.75) is 66.3 Å². The molecule has 3 nitrogen and oxygen atoms in total. The van der Waals surface area contributed by atoms with E-state index in [2.05, 4.69) is 12.0 Å². The van der Waals surface area contributed by atoms with Crippen LogP contribution in [-0.4, -0.2) is 15.6 Å². The topological polar surface area (TPSA) is 34.9 Å². The van der Waals surface area contributed by atoms with Crippen LogP contribution in [0.1, 0.15) is 67.7 Å². The number of nitrogens with zero attached hydrogens (tertiary/aromatic N) is 2. The predicted molar refractivity (Wildman–Crippen MR) is 70.5 cm³/mol. The molecule has 0 aliphatic heterocycles. The average Bonchev–Trinajstić information content (AvgIpc) is 2.59. The SMILES string of the molecule is CCCCCCn1nc(C)c(C(=O)CC)c1C. The molecule has 0 aromatic carbocycles. The Hall–Kier alpha value is -1.12. The first kappa shape index (κ1) is 13.9. The second kappa shape index (κ2) is 6.58. The Morgan fingerprint density at radius 3 is 2.47 bits per heavy atom. The molecule has 0 spiro atoms. The number of aryl methyl sites for hydroxylation is 2. The second-order valence-electron chi connectivity index (χ2n) is 4.61. The third kappa shape index (κ3) is 3.42. The van der Waals surface area contributed by atoms with Crippen LogP contribution < -0.4 is 0 Å². The highest BCUT2D eigenvalue weighted by molar-refractivity contribution is 5.97. The summed E-state index contributed by atoms with van der Waals surface area (Å²) >= 11 is 0. The molecule has 0 atom stereocenters. The minimum atomic E-state index is 0.208. The van der Waals surface area contributed by atoms with E-state index in [-0.39, 0.29) is 5.78 Å². The molecule has 3 heteroatoms. The van der Waals surface area contributed by atoms with Crippen molar-refractivity contribution in [2.24, 2.45) is 0 Å². The second-order valence-corrected chi connectivity index (χ2v) is 4.61. The molecule has 96 valence electrons. The van der Waals surface area contributed by atoms with E-state index in [4.69, 9.17) is 0 Å². The number of hydrogen-bond donors (Lipinski definition) is 0. The Morgan fingerprint density at radius 2 is 1.88 bits per heavy atom. The molecule has 0 bridgehead atoms. The summed E-state index contributed by atoms with van der Waals surface area (Å²) < 4.78 is 1.99. The van der Waals surface area contributed by atoms with Crippen molar-refractivity contribution in [3.05, 3.63) is 17.0 Å². The quantitative estimate of drug-likeness (QED) is 0.535. The molecular weight excluding hydrogens is 212 g/mol. The van der Waals surface area contributed by atoms with E-state index in [1.807, 2.05) is 25.5 Å². The highest BCUT2D eigenvalue weighted by Crippen LogP contribution is 2.16. The van der Waals surface area contributed by atoms with E-state index < -0.39 is 0 Å². The third-order valence-electron chi connectivity index (χ3n) is 3.20. The summed E-state index contributed by atoms with van der Waals surface area (Å²) in [6, 6.07) is 0. The number of carbonyl (C=O) groups excluding carboxylic acids is 1. The van der Waals surface area contributed by atoms with Crippen molar-refractivity contribution >= 4 is 5.78 Å². The van der Waals surface area contributed by atoms with Crippen LogP contribution in [0.15, 0.2) is 0 Å². The maximum atomic E-state index is 11.8. The molecule has 0 saturated heterocycles. The maximum absolute atomic E-state index is 11.8. The van der Waals surface area contributed by atoms with Gasteiger partial charge < -0.3 is 0 Å². The Morgan fingerprint density at radius 1 is 1.18 bits per heavy atom. The van der Waals surface area contributed by atoms with Gasteiger partial charge in [0.1, 0.15) is 0 Å². The lowest BCUT2D eigenvalue weighted by Gasteiger charge is -2.04. The van der Waals surface area contributed by atoms with Gasteiger partial charge in [0.15, 0.2) is 5.78 Å². The van der Waals surface area contributed by atoms with Crippen molar-refractivity contribution in [1.82, 2.24) is 9.78 Å². The number of ketones is 1. The Kier molecular flexibility index (Phi) is 5.39. The molecule has 0 radical (unpaired) electrons. The van der Waals surface area contributed by atoms with E-state index >= 15 is 0 Å². The van der Waals surface area contributed by atoms with E-state index in [9.17, 15) is 4.79 Å². The van der Waals surface area contributed by atoms with Gasteiger partial charge in [-0.05, 0) is 20.3 Å². The number of rotatable bonds is 7. The van der Waals surface area contributed by atoms with Gasteiger partial charge >= 0.3 is 0 Å². The summed E-state index contributed by atoms with van der Waals surface area (Å²) in [5, 5.41) is 4.47. The highest BCUT2D eigenvalue weighted by Gasteiger charge is 2.16. The van der Waals surface area contributed by atoms with Crippen LogP contribution in [0, 0.1) is 13.8 Å². The fourth-order valence-corrected chi connectivity index (χ4v) is 2.18. The monoisotopic (exact) mass is 236 g/mol. The minimum Gasteiger partial charge on any atom is -0.294 e. The van der Waals surface area contributed by atoms with Crippen molar-refractivity contribution in [2.75, 3.05) is 0 Å². The summed E-state index contributed by atoms with van der Waals surface area (Å²) in [7, 11) is 0. The zero-order valence-electron chi connectivity index (χ0n) is 11.5. The van der Waals surface area contributed by atoms with Gasteiger partial charge in [-0.25, -0.2) is 0 Å². The third-order valence-corrected chi connectivity index (χ3v) is 3.20. The van der Waals surface area contributed by atoms with Crippen LogP contribution in [-0.2, 0) is 6.54 Å². The van der Waals surface area contributed by atoms with Crippen molar-refractivity contribution in [3.8, 4) is 0 Å². The molecule has 0 N–H and O–H groups in total. The Bertz CT molecular complexity index is 380. The molecule has 0 aliphatic rings.